The van der Waals surface area contributed by atoms with Crippen LogP contribution in [0.1, 0.15) is 49.3 Å². The quantitative estimate of drug-likeness (QED) is 0.901. The number of hydrogen-bond donors (Lipinski definition) is 1. The topological polar surface area (TPSA) is 62.7 Å². The third-order valence-electron chi connectivity index (χ3n) is 4.81. The molecule has 1 aromatic rings. The number of amides is 1. The van der Waals surface area contributed by atoms with Crippen molar-refractivity contribution >= 4 is 5.91 Å². The maximum absolute atomic E-state index is 12.4. The van der Waals surface area contributed by atoms with E-state index in [1.165, 1.54) is 5.56 Å². The van der Waals surface area contributed by atoms with Crippen molar-refractivity contribution in [1.29, 1.82) is 0 Å². The molecule has 0 aromatic carbocycles. The lowest BCUT2D eigenvalue weighted by Crippen LogP contribution is -2.45. The summed E-state index contributed by atoms with van der Waals surface area (Å²) in [6.45, 7) is 4.56. The van der Waals surface area contributed by atoms with Crippen molar-refractivity contribution < 1.29 is 14.6 Å². The molecule has 0 unspecified atom stereocenters. The normalized spacial score (nSPS) is 19.5. The fourth-order valence-corrected chi connectivity index (χ4v) is 3.27. The van der Waals surface area contributed by atoms with Crippen molar-refractivity contribution in [2.24, 2.45) is 0 Å². The van der Waals surface area contributed by atoms with Crippen LogP contribution in [0.25, 0.3) is 0 Å². The summed E-state index contributed by atoms with van der Waals surface area (Å²) in [7, 11) is 0. The standard InChI is InChI=1S/C17H24N2O3/c1-2-22-12-14-10-18-9-13-11-19(7-4-15(13)14)16(20)8-17(21)5-3-6-17/h9-10,21H,2-8,11-12H2,1H3. The number of fused-ring (bicyclic) bond motifs is 1. The van der Waals surface area contributed by atoms with Gasteiger partial charge in [-0.3, -0.25) is 9.78 Å². The molecular weight excluding hydrogens is 280 g/mol. The highest BCUT2D eigenvalue weighted by atomic mass is 16.5. The van der Waals surface area contributed by atoms with Crippen molar-refractivity contribution in [3.8, 4) is 0 Å². The van der Waals surface area contributed by atoms with E-state index in [9.17, 15) is 9.90 Å². The second-order valence-electron chi connectivity index (χ2n) is 6.39. The Morgan fingerprint density at radius 1 is 1.45 bits per heavy atom. The first-order valence-corrected chi connectivity index (χ1v) is 8.14. The highest BCUT2D eigenvalue weighted by Gasteiger charge is 2.38. The molecule has 1 aliphatic carbocycles. The summed E-state index contributed by atoms with van der Waals surface area (Å²) >= 11 is 0. The molecule has 2 heterocycles. The minimum Gasteiger partial charge on any atom is -0.389 e. The summed E-state index contributed by atoms with van der Waals surface area (Å²) in [5, 5.41) is 10.2. The molecular formula is C17H24N2O3. The van der Waals surface area contributed by atoms with Crippen molar-refractivity contribution in [3.63, 3.8) is 0 Å². The van der Waals surface area contributed by atoms with E-state index < -0.39 is 5.60 Å². The molecule has 0 radical (unpaired) electrons. The molecule has 0 saturated heterocycles. The first-order chi connectivity index (χ1) is 10.6. The van der Waals surface area contributed by atoms with Gasteiger partial charge in [0.05, 0.1) is 18.6 Å². The number of hydrogen-bond acceptors (Lipinski definition) is 4. The molecule has 0 spiro atoms. The van der Waals surface area contributed by atoms with Gasteiger partial charge in [0.25, 0.3) is 0 Å². The smallest absolute Gasteiger partial charge is 0.225 e. The summed E-state index contributed by atoms with van der Waals surface area (Å²) < 4.78 is 5.49. The predicted molar refractivity (Wildman–Crippen MR) is 82.1 cm³/mol. The van der Waals surface area contributed by atoms with Crippen LogP contribution in [-0.4, -0.2) is 39.7 Å². The number of rotatable bonds is 5. The van der Waals surface area contributed by atoms with Gasteiger partial charge in [0.15, 0.2) is 0 Å². The van der Waals surface area contributed by atoms with E-state index in [0.717, 1.165) is 36.8 Å². The van der Waals surface area contributed by atoms with Crippen LogP contribution in [0.3, 0.4) is 0 Å². The van der Waals surface area contributed by atoms with Crippen LogP contribution in [0.2, 0.25) is 0 Å². The fourth-order valence-electron chi connectivity index (χ4n) is 3.27. The number of carbonyl (C=O) groups is 1. The average Bonchev–Trinajstić information content (AvgIpc) is 2.50. The Bertz CT molecular complexity index is 555. The molecule has 1 fully saturated rings. The largest absolute Gasteiger partial charge is 0.389 e. The fraction of sp³-hybridized carbons (Fsp3) is 0.647. The van der Waals surface area contributed by atoms with Gasteiger partial charge in [-0.15, -0.1) is 0 Å². The van der Waals surface area contributed by atoms with Gasteiger partial charge < -0.3 is 14.7 Å². The van der Waals surface area contributed by atoms with Crippen LogP contribution in [-0.2, 0) is 29.1 Å². The average molecular weight is 304 g/mol. The molecule has 1 aromatic heterocycles. The molecule has 5 nitrogen and oxygen atoms in total. The van der Waals surface area contributed by atoms with Gasteiger partial charge in [0.1, 0.15) is 0 Å². The van der Waals surface area contributed by atoms with Crippen LogP contribution in [0.5, 0.6) is 0 Å². The number of aromatic nitrogens is 1. The minimum atomic E-state index is -0.744. The van der Waals surface area contributed by atoms with Gasteiger partial charge in [-0.25, -0.2) is 0 Å². The Morgan fingerprint density at radius 3 is 2.95 bits per heavy atom. The number of nitrogens with zero attached hydrogens (tertiary/aromatic N) is 2. The predicted octanol–water partition coefficient (Wildman–Crippen LogP) is 1.81. The molecule has 1 saturated carbocycles. The van der Waals surface area contributed by atoms with Gasteiger partial charge in [0.2, 0.25) is 5.91 Å². The van der Waals surface area contributed by atoms with Gasteiger partial charge in [-0.05, 0) is 49.3 Å². The van der Waals surface area contributed by atoms with E-state index in [4.69, 9.17) is 4.74 Å². The van der Waals surface area contributed by atoms with Crippen molar-refractivity contribution in [2.75, 3.05) is 13.2 Å². The van der Waals surface area contributed by atoms with Crippen molar-refractivity contribution in [2.45, 2.75) is 57.8 Å². The Kier molecular flexibility index (Phi) is 4.45. The van der Waals surface area contributed by atoms with E-state index in [-0.39, 0.29) is 12.3 Å². The molecule has 1 amide bonds. The number of aliphatic hydroxyl groups is 1. The molecule has 1 aliphatic heterocycles. The Labute approximate surface area is 131 Å². The van der Waals surface area contributed by atoms with Gasteiger partial charge in [0, 0.05) is 32.1 Å². The monoisotopic (exact) mass is 304 g/mol. The van der Waals surface area contributed by atoms with E-state index in [1.54, 1.807) is 0 Å². The van der Waals surface area contributed by atoms with Crippen LogP contribution in [0, 0.1) is 0 Å². The lowest BCUT2D eigenvalue weighted by Gasteiger charge is -2.38. The molecule has 1 N–H and O–H groups in total. The number of ether oxygens (including phenoxy) is 1. The van der Waals surface area contributed by atoms with Gasteiger partial charge in [-0.2, -0.15) is 0 Å². The minimum absolute atomic E-state index is 0.0584. The summed E-state index contributed by atoms with van der Waals surface area (Å²) in [5.74, 6) is 0.0584. The maximum Gasteiger partial charge on any atom is 0.225 e. The number of pyridine rings is 1. The third kappa shape index (κ3) is 3.15. The van der Waals surface area contributed by atoms with Crippen LogP contribution in [0.15, 0.2) is 12.4 Å². The molecule has 22 heavy (non-hydrogen) atoms. The maximum atomic E-state index is 12.4. The molecule has 120 valence electrons. The third-order valence-corrected chi connectivity index (χ3v) is 4.81. The summed E-state index contributed by atoms with van der Waals surface area (Å²) in [6, 6.07) is 0. The van der Waals surface area contributed by atoms with E-state index in [1.807, 2.05) is 24.2 Å². The zero-order valence-electron chi connectivity index (χ0n) is 13.2. The zero-order valence-corrected chi connectivity index (χ0v) is 13.2. The van der Waals surface area contributed by atoms with E-state index in [0.29, 0.717) is 26.3 Å². The zero-order chi connectivity index (χ0) is 15.6. The first kappa shape index (κ1) is 15.4. The van der Waals surface area contributed by atoms with Crippen molar-refractivity contribution in [3.05, 3.63) is 29.1 Å². The Balaban J connectivity index is 1.67. The summed E-state index contributed by atoms with van der Waals surface area (Å²) in [5.41, 5.74) is 2.77. The Hall–Kier alpha value is -1.46. The lowest BCUT2D eigenvalue weighted by molar-refractivity contribution is -0.141. The lowest BCUT2D eigenvalue weighted by atomic mass is 9.77. The highest BCUT2D eigenvalue weighted by Crippen LogP contribution is 2.35. The number of carbonyl (C=O) groups excluding carboxylic acids is 1. The van der Waals surface area contributed by atoms with Crippen LogP contribution >= 0.6 is 0 Å². The van der Waals surface area contributed by atoms with E-state index >= 15 is 0 Å². The Morgan fingerprint density at radius 2 is 2.27 bits per heavy atom. The van der Waals surface area contributed by atoms with Crippen molar-refractivity contribution in [1.82, 2.24) is 9.88 Å². The highest BCUT2D eigenvalue weighted by molar-refractivity contribution is 5.77. The van der Waals surface area contributed by atoms with Gasteiger partial charge in [-0.1, -0.05) is 0 Å². The van der Waals surface area contributed by atoms with Crippen LogP contribution in [0.4, 0.5) is 0 Å². The molecule has 5 heteroatoms. The molecule has 2 aliphatic rings. The molecule has 3 rings (SSSR count). The van der Waals surface area contributed by atoms with E-state index in [2.05, 4.69) is 4.98 Å². The second kappa shape index (κ2) is 6.34. The van der Waals surface area contributed by atoms with Crippen LogP contribution < -0.4 is 0 Å². The SMILES string of the molecule is CCOCc1cncc2c1CCN(C(=O)CC1(O)CCC1)C2. The summed E-state index contributed by atoms with van der Waals surface area (Å²) in [6.07, 6.45) is 7.34. The molecule has 0 atom stereocenters. The second-order valence-corrected chi connectivity index (χ2v) is 6.39. The molecule has 0 bridgehead atoms. The first-order valence-electron chi connectivity index (χ1n) is 8.14. The van der Waals surface area contributed by atoms with Gasteiger partial charge >= 0.3 is 0 Å². The summed E-state index contributed by atoms with van der Waals surface area (Å²) in [4.78, 5) is 18.5.